The fourth-order valence-corrected chi connectivity index (χ4v) is 4.72. The number of hydrogen-bond donors (Lipinski definition) is 1. The van der Waals surface area contributed by atoms with Crippen molar-refractivity contribution in [2.45, 2.75) is 25.2 Å². The van der Waals surface area contributed by atoms with Gasteiger partial charge in [-0.2, -0.15) is 0 Å². The van der Waals surface area contributed by atoms with Crippen LogP contribution in [0.3, 0.4) is 0 Å². The van der Waals surface area contributed by atoms with E-state index in [2.05, 4.69) is 0 Å². The summed E-state index contributed by atoms with van der Waals surface area (Å²) in [7, 11) is -3.63. The van der Waals surface area contributed by atoms with E-state index < -0.39 is 10.0 Å². The van der Waals surface area contributed by atoms with Gasteiger partial charge in [-0.25, -0.2) is 8.42 Å². The Bertz CT molecular complexity index is 813. The maximum absolute atomic E-state index is 13.0. The lowest BCUT2D eigenvalue weighted by molar-refractivity contribution is 0.592. The zero-order valence-corrected chi connectivity index (χ0v) is 12.9. The standard InChI is InChI=1S/C16H18N2O2S/c1-11-7-8-14(17)16(12(11)2)21(19,20)18-10-9-13-5-3-4-6-15(13)18/h3-8H,9-10,17H2,1-2H3. The first kappa shape index (κ1) is 13.9. The van der Waals surface area contributed by atoms with Gasteiger partial charge in [0.1, 0.15) is 4.90 Å². The predicted octanol–water partition coefficient (Wildman–Crippen LogP) is 2.64. The normalized spacial score (nSPS) is 14.3. The van der Waals surface area contributed by atoms with Crippen molar-refractivity contribution >= 4 is 21.4 Å². The average molecular weight is 302 g/mol. The number of nitrogens with zero attached hydrogens (tertiary/aromatic N) is 1. The van der Waals surface area contributed by atoms with E-state index >= 15 is 0 Å². The van der Waals surface area contributed by atoms with Crippen molar-refractivity contribution in [2.75, 3.05) is 16.6 Å². The Labute approximate surface area is 125 Å². The van der Waals surface area contributed by atoms with Gasteiger partial charge in [0, 0.05) is 6.54 Å². The van der Waals surface area contributed by atoms with Crippen LogP contribution < -0.4 is 10.0 Å². The fourth-order valence-electron chi connectivity index (χ4n) is 2.82. The minimum absolute atomic E-state index is 0.235. The van der Waals surface area contributed by atoms with Gasteiger partial charge in [-0.3, -0.25) is 4.31 Å². The van der Waals surface area contributed by atoms with Gasteiger partial charge in [0.25, 0.3) is 10.0 Å². The topological polar surface area (TPSA) is 63.4 Å². The van der Waals surface area contributed by atoms with Crippen molar-refractivity contribution in [1.29, 1.82) is 0 Å². The number of aryl methyl sites for hydroxylation is 1. The van der Waals surface area contributed by atoms with Crippen molar-refractivity contribution < 1.29 is 8.42 Å². The summed E-state index contributed by atoms with van der Waals surface area (Å²) < 4.78 is 27.5. The molecule has 110 valence electrons. The molecule has 0 atom stereocenters. The largest absolute Gasteiger partial charge is 0.398 e. The van der Waals surface area contributed by atoms with Crippen LogP contribution in [0.5, 0.6) is 0 Å². The van der Waals surface area contributed by atoms with Gasteiger partial charge in [0.05, 0.1) is 11.4 Å². The van der Waals surface area contributed by atoms with Gasteiger partial charge in [-0.15, -0.1) is 0 Å². The van der Waals surface area contributed by atoms with E-state index in [1.54, 1.807) is 13.0 Å². The molecule has 1 aliphatic rings. The second-order valence-electron chi connectivity index (χ2n) is 5.38. The molecule has 1 aliphatic heterocycles. The molecule has 0 amide bonds. The highest BCUT2D eigenvalue weighted by Crippen LogP contribution is 2.36. The molecular weight excluding hydrogens is 284 g/mol. The number of para-hydroxylation sites is 1. The van der Waals surface area contributed by atoms with E-state index in [1.807, 2.05) is 37.3 Å². The molecule has 1 heterocycles. The Balaban J connectivity index is 2.18. The minimum Gasteiger partial charge on any atom is -0.398 e. The summed E-state index contributed by atoms with van der Waals surface area (Å²) in [6.45, 7) is 4.17. The smallest absolute Gasteiger partial charge is 0.266 e. The van der Waals surface area contributed by atoms with Crippen LogP contribution in [0.1, 0.15) is 16.7 Å². The zero-order chi connectivity index (χ0) is 15.2. The van der Waals surface area contributed by atoms with E-state index in [1.165, 1.54) is 4.31 Å². The van der Waals surface area contributed by atoms with Crippen LogP contribution in [-0.4, -0.2) is 15.0 Å². The van der Waals surface area contributed by atoms with Crippen molar-refractivity contribution in [1.82, 2.24) is 0 Å². The molecule has 0 bridgehead atoms. The lowest BCUT2D eigenvalue weighted by Gasteiger charge is -2.22. The lowest BCUT2D eigenvalue weighted by Crippen LogP contribution is -2.30. The van der Waals surface area contributed by atoms with Gasteiger partial charge < -0.3 is 5.73 Å². The van der Waals surface area contributed by atoms with E-state index in [4.69, 9.17) is 5.73 Å². The molecular formula is C16H18N2O2S. The van der Waals surface area contributed by atoms with Gasteiger partial charge in [0.15, 0.2) is 0 Å². The number of fused-ring (bicyclic) bond motifs is 1. The molecule has 4 nitrogen and oxygen atoms in total. The molecule has 0 spiro atoms. The number of anilines is 2. The Morgan fingerprint density at radius 3 is 2.57 bits per heavy atom. The van der Waals surface area contributed by atoms with Crippen LogP contribution in [-0.2, 0) is 16.4 Å². The van der Waals surface area contributed by atoms with E-state index in [0.29, 0.717) is 12.2 Å². The number of rotatable bonds is 2. The molecule has 0 saturated carbocycles. The summed E-state index contributed by atoms with van der Waals surface area (Å²) >= 11 is 0. The Morgan fingerprint density at radius 2 is 1.81 bits per heavy atom. The average Bonchev–Trinajstić information content (AvgIpc) is 2.88. The maximum Gasteiger partial charge on any atom is 0.266 e. The lowest BCUT2D eigenvalue weighted by atomic mass is 10.1. The summed E-state index contributed by atoms with van der Waals surface area (Å²) in [5.41, 5.74) is 9.74. The first-order valence-electron chi connectivity index (χ1n) is 6.89. The third-order valence-electron chi connectivity index (χ3n) is 4.10. The van der Waals surface area contributed by atoms with Crippen LogP contribution in [0.25, 0.3) is 0 Å². The molecule has 0 aromatic heterocycles. The zero-order valence-electron chi connectivity index (χ0n) is 12.1. The maximum atomic E-state index is 13.0. The first-order chi connectivity index (χ1) is 9.93. The second-order valence-corrected chi connectivity index (χ2v) is 7.18. The Morgan fingerprint density at radius 1 is 1.10 bits per heavy atom. The monoisotopic (exact) mass is 302 g/mol. The molecule has 2 aromatic carbocycles. The van der Waals surface area contributed by atoms with Gasteiger partial charge >= 0.3 is 0 Å². The third-order valence-corrected chi connectivity index (χ3v) is 6.12. The van der Waals surface area contributed by atoms with E-state index in [0.717, 1.165) is 28.8 Å². The molecule has 0 aliphatic carbocycles. The number of nitrogen functional groups attached to an aromatic ring is 1. The third kappa shape index (κ3) is 2.08. The van der Waals surface area contributed by atoms with Crippen LogP contribution in [0.15, 0.2) is 41.3 Å². The van der Waals surface area contributed by atoms with E-state index in [-0.39, 0.29) is 4.90 Å². The number of sulfonamides is 1. The van der Waals surface area contributed by atoms with Crippen LogP contribution in [0, 0.1) is 13.8 Å². The number of hydrogen-bond acceptors (Lipinski definition) is 3. The van der Waals surface area contributed by atoms with Gasteiger partial charge in [0.2, 0.25) is 0 Å². The van der Waals surface area contributed by atoms with Gasteiger partial charge in [-0.1, -0.05) is 24.3 Å². The molecule has 0 radical (unpaired) electrons. The first-order valence-corrected chi connectivity index (χ1v) is 8.33. The highest BCUT2D eigenvalue weighted by atomic mass is 32.2. The molecule has 3 rings (SSSR count). The molecule has 2 N–H and O–H groups in total. The quantitative estimate of drug-likeness (QED) is 0.867. The number of benzene rings is 2. The second kappa shape index (κ2) is 4.77. The summed E-state index contributed by atoms with van der Waals surface area (Å²) in [6.07, 6.45) is 0.736. The van der Waals surface area contributed by atoms with Gasteiger partial charge in [-0.05, 0) is 49.1 Å². The van der Waals surface area contributed by atoms with Crippen LogP contribution in [0.2, 0.25) is 0 Å². The SMILES string of the molecule is Cc1ccc(N)c(S(=O)(=O)N2CCc3ccccc32)c1C. The predicted molar refractivity (Wildman–Crippen MR) is 85.0 cm³/mol. The summed E-state index contributed by atoms with van der Waals surface area (Å²) in [5, 5.41) is 0. The van der Waals surface area contributed by atoms with Crippen molar-refractivity contribution in [3.63, 3.8) is 0 Å². The molecule has 2 aromatic rings. The molecule has 0 fully saturated rings. The van der Waals surface area contributed by atoms with Crippen LogP contribution >= 0.6 is 0 Å². The summed E-state index contributed by atoms with van der Waals surface area (Å²) in [4.78, 5) is 0.235. The summed E-state index contributed by atoms with van der Waals surface area (Å²) in [6, 6.07) is 11.1. The number of nitrogens with two attached hydrogens (primary N) is 1. The highest BCUT2D eigenvalue weighted by Gasteiger charge is 2.33. The minimum atomic E-state index is -3.63. The Kier molecular flexibility index (Phi) is 3.17. The Hall–Kier alpha value is -2.01. The fraction of sp³-hybridized carbons (Fsp3) is 0.250. The molecule has 21 heavy (non-hydrogen) atoms. The van der Waals surface area contributed by atoms with Crippen molar-refractivity contribution in [3.05, 3.63) is 53.1 Å². The van der Waals surface area contributed by atoms with Crippen LogP contribution in [0.4, 0.5) is 11.4 Å². The van der Waals surface area contributed by atoms with Crippen molar-refractivity contribution in [3.8, 4) is 0 Å². The molecule has 0 unspecified atom stereocenters. The molecule has 5 heteroatoms. The van der Waals surface area contributed by atoms with E-state index in [9.17, 15) is 8.42 Å². The van der Waals surface area contributed by atoms with Crippen molar-refractivity contribution in [2.24, 2.45) is 0 Å². The molecule has 0 saturated heterocycles. The highest BCUT2D eigenvalue weighted by molar-refractivity contribution is 7.93. The summed E-state index contributed by atoms with van der Waals surface area (Å²) in [5.74, 6) is 0.